The van der Waals surface area contributed by atoms with Gasteiger partial charge >= 0.3 is 0 Å². The van der Waals surface area contributed by atoms with Crippen molar-refractivity contribution in [3.05, 3.63) is 36.5 Å². The van der Waals surface area contributed by atoms with Gasteiger partial charge in [-0.2, -0.15) is 0 Å². The number of rotatable bonds is 77. The molecule has 0 aromatic carbocycles. The SMILES string of the molecule is CCCCCCCCCCCCCCCCCCCCCCCC/C=C/CC/C=C/CC/C=C/C(O)C(COC1OC(CO)C(OC2OC(CO)C(OC3OC(CO)C(O)C(O)C3O)C(O)C2O)C(O)C1O)NC(=O)CCCCCCCCCCCCCCCCCCCCCCCCCCCCCCCCCCCC. The average Bonchev–Trinajstić information content (AvgIpc) is 0.781. The van der Waals surface area contributed by atoms with Gasteiger partial charge in [-0.15, -0.1) is 0 Å². The first-order valence-corrected chi connectivity index (χ1v) is 46.7. The molecule has 0 aromatic rings. The van der Waals surface area contributed by atoms with Crippen molar-refractivity contribution in [2.75, 3.05) is 26.4 Å². The lowest BCUT2D eigenvalue weighted by Gasteiger charge is -2.48. The maximum Gasteiger partial charge on any atom is 0.220 e. The van der Waals surface area contributed by atoms with Gasteiger partial charge in [-0.05, 0) is 44.9 Å². The summed E-state index contributed by atoms with van der Waals surface area (Å²) in [5.41, 5.74) is 0. The average molecular weight is 1580 g/mol. The highest BCUT2D eigenvalue weighted by molar-refractivity contribution is 5.76. The number of ether oxygens (including phenoxy) is 6. The number of hydrogen-bond acceptors (Lipinski definition) is 18. The Bertz CT molecular complexity index is 2140. The van der Waals surface area contributed by atoms with Crippen molar-refractivity contribution >= 4 is 5.91 Å². The predicted octanol–water partition coefficient (Wildman–Crippen LogP) is 18.2. The van der Waals surface area contributed by atoms with E-state index in [2.05, 4.69) is 43.5 Å². The van der Waals surface area contributed by atoms with Crippen LogP contribution in [-0.4, -0.2) is 193 Å². The number of aliphatic hydroxyl groups is 11. The number of unbranched alkanes of at least 4 members (excludes halogenated alkanes) is 57. The highest BCUT2D eigenvalue weighted by Gasteiger charge is 2.54. The van der Waals surface area contributed by atoms with Crippen LogP contribution >= 0.6 is 0 Å². The third kappa shape index (κ3) is 50.5. The van der Waals surface area contributed by atoms with Crippen molar-refractivity contribution < 1.29 is 89.4 Å². The van der Waals surface area contributed by atoms with Crippen molar-refractivity contribution in [1.82, 2.24) is 5.32 Å². The fourth-order valence-corrected chi connectivity index (χ4v) is 16.0. The molecule has 3 saturated heterocycles. The molecule has 17 unspecified atom stereocenters. The molecular formula is C92H173NO18. The molecule has 3 rings (SSSR count). The minimum atomic E-state index is -1.98. The molecule has 0 aromatic heterocycles. The Morgan fingerprint density at radius 2 is 0.577 bits per heavy atom. The molecule has 111 heavy (non-hydrogen) atoms. The van der Waals surface area contributed by atoms with Crippen molar-refractivity contribution in [2.45, 2.75) is 516 Å². The molecule has 0 saturated carbocycles. The summed E-state index contributed by atoms with van der Waals surface area (Å²) in [6, 6.07) is -0.997. The Balaban J connectivity index is 1.33. The van der Waals surface area contributed by atoms with E-state index in [4.69, 9.17) is 28.4 Å². The van der Waals surface area contributed by atoms with Crippen LogP contribution in [0.3, 0.4) is 0 Å². The summed E-state index contributed by atoms with van der Waals surface area (Å²) in [6.07, 6.45) is 66.1. The lowest BCUT2D eigenvalue weighted by Crippen LogP contribution is -2.66. The topological polar surface area (TPSA) is 307 Å². The van der Waals surface area contributed by atoms with E-state index in [1.807, 2.05) is 6.08 Å². The molecule has 0 bridgehead atoms. The Morgan fingerprint density at radius 1 is 0.315 bits per heavy atom. The fraction of sp³-hybridized carbons (Fsp3) is 0.924. The molecule has 0 radical (unpaired) electrons. The number of aliphatic hydroxyl groups excluding tert-OH is 11. The largest absolute Gasteiger partial charge is 0.394 e. The highest BCUT2D eigenvalue weighted by Crippen LogP contribution is 2.34. The van der Waals surface area contributed by atoms with E-state index >= 15 is 0 Å². The zero-order chi connectivity index (χ0) is 80.3. The van der Waals surface area contributed by atoms with E-state index in [-0.39, 0.29) is 18.9 Å². The summed E-state index contributed by atoms with van der Waals surface area (Å²) in [6.45, 7) is 1.79. The molecule has 3 aliphatic rings. The second-order valence-electron chi connectivity index (χ2n) is 33.5. The van der Waals surface area contributed by atoms with Gasteiger partial charge in [0.15, 0.2) is 18.9 Å². The Kier molecular flexibility index (Phi) is 67.0. The lowest BCUT2D eigenvalue weighted by molar-refractivity contribution is -0.379. The van der Waals surface area contributed by atoms with Crippen LogP contribution in [0, 0.1) is 0 Å². The molecule has 19 nitrogen and oxygen atoms in total. The first kappa shape index (κ1) is 103. The molecule has 0 aliphatic carbocycles. The maximum atomic E-state index is 13.5. The number of carbonyl (C=O) groups is 1. The molecule has 1 amide bonds. The molecule has 0 spiro atoms. The molecule has 654 valence electrons. The summed E-state index contributed by atoms with van der Waals surface area (Å²) in [4.78, 5) is 13.5. The molecule has 17 atom stereocenters. The van der Waals surface area contributed by atoms with Gasteiger partial charge in [0.2, 0.25) is 5.91 Å². The molecule has 12 N–H and O–H groups in total. The first-order valence-electron chi connectivity index (χ1n) is 46.7. The minimum Gasteiger partial charge on any atom is -0.394 e. The summed E-state index contributed by atoms with van der Waals surface area (Å²) >= 11 is 0. The monoisotopic (exact) mass is 1580 g/mol. The third-order valence-electron chi connectivity index (χ3n) is 23.4. The molecular weight excluding hydrogens is 1410 g/mol. The van der Waals surface area contributed by atoms with Gasteiger partial charge in [0, 0.05) is 6.42 Å². The van der Waals surface area contributed by atoms with Crippen molar-refractivity contribution in [1.29, 1.82) is 0 Å². The standard InChI is InChI=1S/C92H173NO18/c1-3-5-7-9-11-13-15-17-19-21-23-25-27-29-31-33-35-37-38-40-42-44-46-48-50-52-54-56-58-60-62-64-66-68-70-80(98)93-75(76(97)69-67-65-63-61-59-57-55-53-51-49-47-45-43-41-39-36-34-32-30-28-26-24-22-20-18-16-14-12-10-8-6-4-2)74-106-90-86(104)83(101)88(78(72-95)108-90)111-92-87(105)84(102)89(79(73-96)109-92)110-91-85(103)82(100)81(99)77(71-94)107-91/h51,53,59,61,67,69,75-79,81-92,94-97,99-105H,3-50,52,54-58,60,62-66,68,70-74H2,1-2H3,(H,93,98)/b53-51+,61-59+,69-67+. The van der Waals surface area contributed by atoms with Crippen LogP contribution in [0.1, 0.15) is 412 Å². The van der Waals surface area contributed by atoms with Crippen molar-refractivity contribution in [2.24, 2.45) is 0 Å². The van der Waals surface area contributed by atoms with Crippen LogP contribution in [0.4, 0.5) is 0 Å². The number of allylic oxidation sites excluding steroid dienone is 5. The second-order valence-corrected chi connectivity index (χ2v) is 33.5. The Morgan fingerprint density at radius 3 is 0.901 bits per heavy atom. The van der Waals surface area contributed by atoms with Crippen molar-refractivity contribution in [3.8, 4) is 0 Å². The number of hydrogen-bond donors (Lipinski definition) is 12. The van der Waals surface area contributed by atoms with Gasteiger partial charge in [0.25, 0.3) is 0 Å². The maximum absolute atomic E-state index is 13.5. The number of nitrogens with one attached hydrogen (secondary N) is 1. The quantitative estimate of drug-likeness (QED) is 0.0199. The second kappa shape index (κ2) is 72.1. The van der Waals surface area contributed by atoms with E-state index in [9.17, 15) is 61.0 Å². The van der Waals surface area contributed by atoms with Crippen LogP contribution in [0.15, 0.2) is 36.5 Å². The van der Waals surface area contributed by atoms with Gasteiger partial charge in [-0.25, -0.2) is 0 Å². The predicted molar refractivity (Wildman–Crippen MR) is 448 cm³/mol. The van der Waals surface area contributed by atoms with Crippen LogP contribution in [-0.2, 0) is 33.2 Å². The molecule has 3 aliphatic heterocycles. The zero-order valence-corrected chi connectivity index (χ0v) is 70.7. The van der Waals surface area contributed by atoms with Gasteiger partial charge in [-0.3, -0.25) is 4.79 Å². The minimum absolute atomic E-state index is 0.237. The zero-order valence-electron chi connectivity index (χ0n) is 70.7. The van der Waals surface area contributed by atoms with Crippen LogP contribution in [0.2, 0.25) is 0 Å². The van der Waals surface area contributed by atoms with Crippen LogP contribution < -0.4 is 5.32 Å². The smallest absolute Gasteiger partial charge is 0.220 e. The highest BCUT2D eigenvalue weighted by atomic mass is 16.8. The summed E-state index contributed by atoms with van der Waals surface area (Å²) in [5.74, 6) is -0.281. The van der Waals surface area contributed by atoms with E-state index in [1.165, 1.54) is 334 Å². The Labute approximate surface area is 676 Å². The van der Waals surface area contributed by atoms with Crippen LogP contribution in [0.5, 0.6) is 0 Å². The van der Waals surface area contributed by atoms with E-state index in [1.54, 1.807) is 6.08 Å². The molecule has 19 heteroatoms. The Hall–Kier alpha value is -1.99. The summed E-state index contributed by atoms with van der Waals surface area (Å²) < 4.78 is 34.5. The van der Waals surface area contributed by atoms with Gasteiger partial charge in [0.1, 0.15) is 73.2 Å². The fourth-order valence-electron chi connectivity index (χ4n) is 16.0. The molecule has 3 fully saturated rings. The summed E-state index contributed by atoms with van der Waals surface area (Å²) in [7, 11) is 0. The van der Waals surface area contributed by atoms with E-state index in [0.717, 1.165) is 44.9 Å². The number of carbonyl (C=O) groups excluding carboxylic acids is 1. The normalized spacial score (nSPS) is 25.1. The van der Waals surface area contributed by atoms with E-state index in [0.29, 0.717) is 12.8 Å². The number of amides is 1. The lowest BCUT2D eigenvalue weighted by atomic mass is 9.96. The van der Waals surface area contributed by atoms with Gasteiger partial charge < -0.3 is 89.9 Å². The van der Waals surface area contributed by atoms with Crippen molar-refractivity contribution in [3.63, 3.8) is 0 Å². The first-order chi connectivity index (χ1) is 54.3. The van der Waals surface area contributed by atoms with E-state index < -0.39 is 124 Å². The van der Waals surface area contributed by atoms with Gasteiger partial charge in [-0.1, -0.05) is 397 Å². The molecule has 3 heterocycles. The van der Waals surface area contributed by atoms with Gasteiger partial charge in [0.05, 0.1) is 38.6 Å². The van der Waals surface area contributed by atoms with Crippen LogP contribution in [0.25, 0.3) is 0 Å². The third-order valence-corrected chi connectivity index (χ3v) is 23.4. The summed E-state index contributed by atoms with van der Waals surface area (Å²) in [5, 5.41) is 121.